The molecule has 0 aliphatic heterocycles. The molecule has 0 aromatic heterocycles. The molecule has 0 fully saturated rings. The molecule has 0 saturated heterocycles. The largest absolute Gasteiger partial charge is 0.394 e. The van der Waals surface area contributed by atoms with Gasteiger partial charge in [-0.05, 0) is 26.7 Å². The first-order valence-corrected chi connectivity index (χ1v) is 21.0. The Morgan fingerprint density at radius 2 is 0.630 bits per heavy atom. The van der Waals surface area contributed by atoms with Crippen molar-refractivity contribution < 1.29 is 79.5 Å². The number of hydrogen-bond donors (Lipinski definition) is 3. The molecule has 0 aromatic carbocycles. The third-order valence-electron chi connectivity index (χ3n) is 6.47. The SMILES string of the molecule is CCCCCCOCC(O)OCCOCCOCCOCCOCC.CCCCCCOCCOCCOCCOCCOCCOCC.O=S(=O)(O)O. The van der Waals surface area contributed by atoms with Crippen LogP contribution < -0.4 is 0 Å². The van der Waals surface area contributed by atoms with Gasteiger partial charge in [-0.3, -0.25) is 9.11 Å². The summed E-state index contributed by atoms with van der Waals surface area (Å²) in [5.74, 6) is 0. The van der Waals surface area contributed by atoms with Crippen molar-refractivity contribution in [1.82, 2.24) is 0 Å². The molecule has 0 heterocycles. The number of aliphatic hydroxyl groups excluding tert-OH is 1. The maximum atomic E-state index is 9.58. The predicted octanol–water partition coefficient (Wildman–Crippen LogP) is 4.04. The molecule has 0 radical (unpaired) electrons. The van der Waals surface area contributed by atoms with Gasteiger partial charge in [-0.15, -0.1) is 0 Å². The van der Waals surface area contributed by atoms with Crippen molar-refractivity contribution in [3.63, 3.8) is 0 Å². The highest BCUT2D eigenvalue weighted by atomic mass is 32.3. The lowest BCUT2D eigenvalue weighted by molar-refractivity contribution is -0.147. The second-order valence-electron chi connectivity index (χ2n) is 11.3. The van der Waals surface area contributed by atoms with Gasteiger partial charge in [0.15, 0.2) is 6.29 Å². The fourth-order valence-corrected chi connectivity index (χ4v) is 3.79. The van der Waals surface area contributed by atoms with E-state index in [0.29, 0.717) is 132 Å². The second-order valence-corrected chi connectivity index (χ2v) is 12.2. The van der Waals surface area contributed by atoms with Crippen LogP contribution in [0.25, 0.3) is 0 Å². The van der Waals surface area contributed by atoms with Crippen molar-refractivity contribution in [2.45, 2.75) is 85.4 Å². The van der Waals surface area contributed by atoms with Crippen LogP contribution in [0.4, 0.5) is 0 Å². The molecule has 1 unspecified atom stereocenters. The summed E-state index contributed by atoms with van der Waals surface area (Å²) in [6.07, 6.45) is 8.70. The summed E-state index contributed by atoms with van der Waals surface area (Å²) >= 11 is 0. The molecule has 330 valence electrons. The molecular formula is C36H78O17S. The van der Waals surface area contributed by atoms with Gasteiger partial charge in [-0.2, -0.15) is 8.42 Å². The van der Waals surface area contributed by atoms with Gasteiger partial charge >= 0.3 is 10.4 Å². The van der Waals surface area contributed by atoms with Crippen molar-refractivity contribution in [3.05, 3.63) is 0 Å². The molecule has 0 spiro atoms. The standard InChI is InChI=1S/C18H38O7.C18H38O6.H2O4S/c1-3-5-6-7-8-24-17-18(19)25-16-15-23-14-13-22-12-11-21-10-9-20-4-2;1-3-5-6-7-8-20-11-12-22-15-16-24-18-17-23-14-13-21-10-9-19-4-2;1-5(2,3)4/h18-19H,3-17H2,1-2H3;3-18H2,1-2H3;(H2,1,2,3,4). The topological polar surface area (TPSA) is 206 Å². The van der Waals surface area contributed by atoms with Crippen LogP contribution >= 0.6 is 0 Å². The molecule has 0 bridgehead atoms. The van der Waals surface area contributed by atoms with Gasteiger partial charge in [0.25, 0.3) is 0 Å². The summed E-state index contributed by atoms with van der Waals surface area (Å²) in [6, 6.07) is 0. The lowest BCUT2D eigenvalue weighted by atomic mass is 10.2. The van der Waals surface area contributed by atoms with Gasteiger partial charge in [0.1, 0.15) is 0 Å². The van der Waals surface area contributed by atoms with Crippen LogP contribution in [-0.2, 0) is 67.2 Å². The zero-order valence-electron chi connectivity index (χ0n) is 34.0. The highest BCUT2D eigenvalue weighted by molar-refractivity contribution is 7.79. The monoisotopic (exact) mass is 814 g/mol. The van der Waals surface area contributed by atoms with Gasteiger partial charge in [0, 0.05) is 26.4 Å². The van der Waals surface area contributed by atoms with Crippen LogP contribution in [0.1, 0.15) is 79.1 Å². The Morgan fingerprint density at radius 3 is 0.926 bits per heavy atom. The van der Waals surface area contributed by atoms with Gasteiger partial charge < -0.3 is 61.9 Å². The number of unbranched alkanes of at least 4 members (excludes halogenated alkanes) is 6. The van der Waals surface area contributed by atoms with E-state index >= 15 is 0 Å². The van der Waals surface area contributed by atoms with Crippen LogP contribution in [0.5, 0.6) is 0 Å². The minimum Gasteiger partial charge on any atom is -0.379 e. The second kappa shape index (κ2) is 52.3. The first kappa shape index (κ1) is 57.7. The number of rotatable bonds is 42. The van der Waals surface area contributed by atoms with Crippen LogP contribution in [0.3, 0.4) is 0 Å². The lowest BCUT2D eigenvalue weighted by Crippen LogP contribution is -2.22. The van der Waals surface area contributed by atoms with Crippen molar-refractivity contribution >= 4 is 10.4 Å². The van der Waals surface area contributed by atoms with E-state index in [0.717, 1.165) is 26.1 Å². The maximum Gasteiger partial charge on any atom is 0.394 e. The van der Waals surface area contributed by atoms with Crippen LogP contribution in [-0.4, -0.2) is 181 Å². The molecule has 3 N–H and O–H groups in total. The summed E-state index contributed by atoms with van der Waals surface area (Å²) in [4.78, 5) is 0. The number of hydrogen-bond acceptors (Lipinski definition) is 15. The predicted molar refractivity (Wildman–Crippen MR) is 205 cm³/mol. The van der Waals surface area contributed by atoms with E-state index in [1.165, 1.54) is 38.5 Å². The Balaban J connectivity index is -0.000000855. The number of aliphatic hydroxyl groups is 1. The smallest absolute Gasteiger partial charge is 0.379 e. The quantitative estimate of drug-likeness (QED) is 0.0452. The van der Waals surface area contributed by atoms with E-state index < -0.39 is 16.7 Å². The summed E-state index contributed by atoms with van der Waals surface area (Å²) < 4.78 is 95.5. The molecule has 0 rings (SSSR count). The van der Waals surface area contributed by atoms with Crippen LogP contribution in [0, 0.1) is 0 Å². The molecule has 0 aromatic rings. The van der Waals surface area contributed by atoms with E-state index in [-0.39, 0.29) is 6.61 Å². The Labute approximate surface area is 326 Å². The van der Waals surface area contributed by atoms with Crippen molar-refractivity contribution in [2.75, 3.05) is 152 Å². The van der Waals surface area contributed by atoms with E-state index in [4.69, 9.17) is 74.4 Å². The fourth-order valence-electron chi connectivity index (χ4n) is 3.79. The van der Waals surface area contributed by atoms with Gasteiger partial charge in [-0.25, -0.2) is 0 Å². The highest BCUT2D eigenvalue weighted by Crippen LogP contribution is 2.00. The minimum atomic E-state index is -4.67. The zero-order valence-corrected chi connectivity index (χ0v) is 34.8. The Morgan fingerprint density at radius 1 is 0.370 bits per heavy atom. The first-order chi connectivity index (χ1) is 26.2. The molecule has 0 amide bonds. The first-order valence-electron chi connectivity index (χ1n) is 19.6. The molecule has 0 aliphatic carbocycles. The number of ether oxygens (including phenoxy) is 12. The average molecular weight is 815 g/mol. The highest BCUT2D eigenvalue weighted by Gasteiger charge is 2.04. The lowest BCUT2D eigenvalue weighted by Gasteiger charge is -2.12. The molecule has 54 heavy (non-hydrogen) atoms. The molecule has 0 aliphatic rings. The van der Waals surface area contributed by atoms with Gasteiger partial charge in [-0.1, -0.05) is 52.4 Å². The summed E-state index contributed by atoms with van der Waals surface area (Å²) in [7, 11) is -4.67. The van der Waals surface area contributed by atoms with Crippen LogP contribution in [0.15, 0.2) is 0 Å². The minimum absolute atomic E-state index is 0.207. The van der Waals surface area contributed by atoms with E-state index in [2.05, 4.69) is 13.8 Å². The Bertz CT molecular complexity index is 723. The van der Waals surface area contributed by atoms with E-state index in [1.807, 2.05) is 13.8 Å². The van der Waals surface area contributed by atoms with Crippen molar-refractivity contribution in [3.8, 4) is 0 Å². The van der Waals surface area contributed by atoms with Crippen molar-refractivity contribution in [1.29, 1.82) is 0 Å². The fraction of sp³-hybridized carbons (Fsp3) is 1.00. The molecular weight excluding hydrogens is 736 g/mol. The summed E-state index contributed by atoms with van der Waals surface area (Å²) in [5.41, 5.74) is 0. The summed E-state index contributed by atoms with van der Waals surface area (Å²) in [5, 5.41) is 9.58. The van der Waals surface area contributed by atoms with Crippen molar-refractivity contribution in [2.24, 2.45) is 0 Å². The summed E-state index contributed by atoms with van der Waals surface area (Å²) in [6.45, 7) is 21.6. The molecule has 18 heteroatoms. The maximum absolute atomic E-state index is 9.58. The molecule has 1 atom stereocenters. The molecule has 17 nitrogen and oxygen atoms in total. The Hall–Kier alpha value is -0.650. The van der Waals surface area contributed by atoms with E-state index in [1.54, 1.807) is 0 Å². The zero-order chi connectivity index (χ0) is 40.5. The normalized spacial score (nSPS) is 11.9. The molecule has 0 saturated carbocycles. The third kappa shape index (κ3) is 69.3. The average Bonchev–Trinajstić information content (AvgIpc) is 3.13. The van der Waals surface area contributed by atoms with Crippen LogP contribution in [0.2, 0.25) is 0 Å². The third-order valence-corrected chi connectivity index (χ3v) is 6.47. The van der Waals surface area contributed by atoms with Gasteiger partial charge in [0.2, 0.25) is 0 Å². The van der Waals surface area contributed by atoms with Gasteiger partial charge in [0.05, 0.1) is 126 Å². The van der Waals surface area contributed by atoms with E-state index in [9.17, 15) is 5.11 Å². The Kier molecular flexibility index (Phi) is 55.9.